The van der Waals surface area contributed by atoms with Crippen LogP contribution in [0.25, 0.3) is 0 Å². The molecule has 5 nitrogen and oxygen atoms in total. The van der Waals surface area contributed by atoms with Gasteiger partial charge >= 0.3 is 0 Å². The van der Waals surface area contributed by atoms with Crippen LogP contribution in [-0.2, 0) is 4.79 Å². The van der Waals surface area contributed by atoms with E-state index >= 15 is 0 Å². The summed E-state index contributed by atoms with van der Waals surface area (Å²) in [5, 5.41) is 3.02. The minimum absolute atomic E-state index is 0.0184. The molecule has 2 amide bonds. The van der Waals surface area contributed by atoms with Gasteiger partial charge in [0, 0.05) is 37.0 Å². The Bertz CT molecular complexity index is 710. The molecule has 1 N–H and O–H groups in total. The first kappa shape index (κ1) is 20.2. The summed E-state index contributed by atoms with van der Waals surface area (Å²) < 4.78 is 6.02. The van der Waals surface area contributed by atoms with Gasteiger partial charge in [0.05, 0.1) is 6.61 Å². The molecule has 1 saturated heterocycles. The van der Waals surface area contributed by atoms with Crippen molar-refractivity contribution in [3.8, 4) is 5.75 Å². The van der Waals surface area contributed by atoms with Crippen molar-refractivity contribution in [3.05, 3.63) is 29.8 Å². The zero-order chi connectivity index (χ0) is 20.1. The van der Waals surface area contributed by atoms with Crippen molar-refractivity contribution in [2.75, 3.05) is 19.7 Å². The molecule has 2 saturated carbocycles. The number of hydrogen-bond donors (Lipinski definition) is 1. The highest BCUT2D eigenvalue weighted by Crippen LogP contribution is 2.28. The molecule has 0 spiro atoms. The van der Waals surface area contributed by atoms with E-state index in [1.54, 1.807) is 0 Å². The Labute approximate surface area is 174 Å². The molecule has 1 heterocycles. The third kappa shape index (κ3) is 5.97. The van der Waals surface area contributed by atoms with Gasteiger partial charge in [-0.05, 0) is 62.6 Å². The highest BCUT2D eigenvalue weighted by atomic mass is 16.5. The zero-order valence-corrected chi connectivity index (χ0v) is 17.4. The largest absolute Gasteiger partial charge is 0.493 e. The minimum atomic E-state index is -0.0184. The quantitative estimate of drug-likeness (QED) is 0.750. The van der Waals surface area contributed by atoms with E-state index in [0.29, 0.717) is 36.0 Å². The van der Waals surface area contributed by atoms with Crippen LogP contribution in [0.4, 0.5) is 0 Å². The van der Waals surface area contributed by atoms with E-state index in [2.05, 4.69) is 10.2 Å². The molecule has 2 aliphatic carbocycles. The molecule has 3 aliphatic rings. The van der Waals surface area contributed by atoms with Crippen LogP contribution in [0.1, 0.15) is 74.6 Å². The van der Waals surface area contributed by atoms with Gasteiger partial charge in [-0.3, -0.25) is 9.59 Å². The van der Waals surface area contributed by atoms with Gasteiger partial charge in [0.15, 0.2) is 0 Å². The fourth-order valence-electron chi connectivity index (χ4n) is 4.63. The number of ether oxygens (including phenoxy) is 1. The molecule has 1 aromatic rings. The molecular formula is C24H34N2O3. The molecule has 29 heavy (non-hydrogen) atoms. The van der Waals surface area contributed by atoms with Crippen molar-refractivity contribution < 1.29 is 14.3 Å². The summed E-state index contributed by atoms with van der Waals surface area (Å²) in [5.41, 5.74) is 0.655. The lowest BCUT2D eigenvalue weighted by molar-refractivity contribution is -0.134. The Hall–Kier alpha value is -2.04. The number of piperidine rings is 1. The highest BCUT2D eigenvalue weighted by molar-refractivity contribution is 5.94. The average molecular weight is 399 g/mol. The summed E-state index contributed by atoms with van der Waals surface area (Å²) in [4.78, 5) is 27.0. The lowest BCUT2D eigenvalue weighted by Crippen LogP contribution is -2.42. The number of amides is 2. The Kier molecular flexibility index (Phi) is 6.73. The molecule has 1 aliphatic heterocycles. The SMILES string of the molecule is O=C(NC1CC1)c1cccc(OC[C@H]2CCCN(C(=O)CC3CCCCC3)C2)c1. The maximum absolute atomic E-state index is 12.7. The Morgan fingerprint density at radius 1 is 1.00 bits per heavy atom. The maximum atomic E-state index is 12.7. The van der Waals surface area contributed by atoms with Gasteiger partial charge in [0.2, 0.25) is 5.91 Å². The number of likely N-dealkylation sites (tertiary alicyclic amines) is 1. The summed E-state index contributed by atoms with van der Waals surface area (Å²) in [7, 11) is 0. The van der Waals surface area contributed by atoms with Crippen molar-refractivity contribution in [2.24, 2.45) is 11.8 Å². The standard InChI is InChI=1S/C24H34N2O3/c27-23(14-18-6-2-1-3-7-18)26-13-5-8-19(16-26)17-29-22-10-4-9-20(15-22)24(28)25-21-11-12-21/h4,9-10,15,18-19,21H,1-3,5-8,11-14,16-17H2,(H,25,28)/t19-/m0/s1. The van der Waals surface area contributed by atoms with Gasteiger partial charge in [0.25, 0.3) is 5.91 Å². The van der Waals surface area contributed by atoms with Crippen LogP contribution in [0.3, 0.4) is 0 Å². The van der Waals surface area contributed by atoms with Crippen LogP contribution in [0.5, 0.6) is 5.75 Å². The van der Waals surface area contributed by atoms with Crippen LogP contribution in [-0.4, -0.2) is 42.5 Å². The van der Waals surface area contributed by atoms with Crippen LogP contribution in [0.2, 0.25) is 0 Å². The van der Waals surface area contributed by atoms with Gasteiger partial charge < -0.3 is 15.0 Å². The van der Waals surface area contributed by atoms with Gasteiger partial charge in [-0.15, -0.1) is 0 Å². The summed E-state index contributed by atoms with van der Waals surface area (Å²) >= 11 is 0. The molecule has 0 bridgehead atoms. The van der Waals surface area contributed by atoms with Crippen LogP contribution in [0.15, 0.2) is 24.3 Å². The number of rotatable bonds is 7. The second-order valence-electron chi connectivity index (χ2n) is 9.14. The fraction of sp³-hybridized carbons (Fsp3) is 0.667. The lowest BCUT2D eigenvalue weighted by Gasteiger charge is -2.34. The smallest absolute Gasteiger partial charge is 0.251 e. The van der Waals surface area contributed by atoms with E-state index in [1.807, 2.05) is 24.3 Å². The van der Waals surface area contributed by atoms with Crippen molar-refractivity contribution in [1.29, 1.82) is 0 Å². The second kappa shape index (κ2) is 9.64. The van der Waals surface area contributed by atoms with E-state index in [9.17, 15) is 9.59 Å². The normalized spacial score (nSPS) is 22.9. The molecule has 0 unspecified atom stereocenters. The second-order valence-corrected chi connectivity index (χ2v) is 9.14. The molecular weight excluding hydrogens is 364 g/mol. The molecule has 3 fully saturated rings. The van der Waals surface area contributed by atoms with E-state index in [1.165, 1.54) is 32.1 Å². The summed E-state index contributed by atoms with van der Waals surface area (Å²) in [5.74, 6) is 2.01. The third-order valence-electron chi connectivity index (χ3n) is 6.55. The van der Waals surface area contributed by atoms with Crippen molar-refractivity contribution in [2.45, 2.75) is 70.3 Å². The molecule has 0 radical (unpaired) electrons. The van der Waals surface area contributed by atoms with Crippen LogP contribution >= 0.6 is 0 Å². The van der Waals surface area contributed by atoms with Gasteiger partial charge in [-0.1, -0.05) is 25.3 Å². The van der Waals surface area contributed by atoms with Crippen molar-refractivity contribution >= 4 is 11.8 Å². The van der Waals surface area contributed by atoms with Crippen LogP contribution in [0, 0.1) is 11.8 Å². The molecule has 4 rings (SSSR count). The molecule has 1 atom stereocenters. The summed E-state index contributed by atoms with van der Waals surface area (Å²) in [6.07, 6.45) is 11.4. The molecule has 0 aromatic heterocycles. The number of benzene rings is 1. The third-order valence-corrected chi connectivity index (χ3v) is 6.55. The zero-order valence-electron chi connectivity index (χ0n) is 17.4. The predicted octanol–water partition coefficient (Wildman–Crippen LogP) is 4.17. The first-order valence-electron chi connectivity index (χ1n) is 11.5. The minimum Gasteiger partial charge on any atom is -0.493 e. The predicted molar refractivity (Wildman–Crippen MR) is 113 cm³/mol. The number of carbonyl (C=O) groups excluding carboxylic acids is 2. The topological polar surface area (TPSA) is 58.6 Å². The van der Waals surface area contributed by atoms with Gasteiger partial charge in [0.1, 0.15) is 5.75 Å². The van der Waals surface area contributed by atoms with E-state index in [-0.39, 0.29) is 5.91 Å². The van der Waals surface area contributed by atoms with Gasteiger partial charge in [-0.2, -0.15) is 0 Å². The summed E-state index contributed by atoms with van der Waals surface area (Å²) in [6, 6.07) is 7.79. The number of hydrogen-bond acceptors (Lipinski definition) is 3. The maximum Gasteiger partial charge on any atom is 0.251 e. The highest BCUT2D eigenvalue weighted by Gasteiger charge is 2.27. The molecule has 1 aromatic carbocycles. The number of carbonyl (C=O) groups is 2. The van der Waals surface area contributed by atoms with E-state index < -0.39 is 0 Å². The number of nitrogens with one attached hydrogen (secondary N) is 1. The van der Waals surface area contributed by atoms with Gasteiger partial charge in [-0.25, -0.2) is 0 Å². The average Bonchev–Trinajstić information content (AvgIpc) is 3.57. The Morgan fingerprint density at radius 3 is 2.59 bits per heavy atom. The Morgan fingerprint density at radius 2 is 1.79 bits per heavy atom. The van der Waals surface area contributed by atoms with Crippen molar-refractivity contribution in [3.63, 3.8) is 0 Å². The number of nitrogens with zero attached hydrogens (tertiary/aromatic N) is 1. The monoisotopic (exact) mass is 398 g/mol. The fourth-order valence-corrected chi connectivity index (χ4v) is 4.63. The molecule has 158 valence electrons. The summed E-state index contributed by atoms with van der Waals surface area (Å²) in [6.45, 7) is 2.28. The molecule has 5 heteroatoms. The first-order chi connectivity index (χ1) is 14.2. The van der Waals surface area contributed by atoms with Crippen LogP contribution < -0.4 is 10.1 Å². The van der Waals surface area contributed by atoms with E-state index in [4.69, 9.17) is 4.74 Å². The first-order valence-corrected chi connectivity index (χ1v) is 11.5. The lowest BCUT2D eigenvalue weighted by atomic mass is 9.86. The van der Waals surface area contributed by atoms with Crippen molar-refractivity contribution in [1.82, 2.24) is 10.2 Å². The van der Waals surface area contributed by atoms with E-state index in [0.717, 1.165) is 50.9 Å². The Balaban J connectivity index is 1.25.